The van der Waals surface area contributed by atoms with Crippen molar-refractivity contribution < 1.29 is 0 Å². The third-order valence-electron chi connectivity index (χ3n) is 3.57. The first-order chi connectivity index (χ1) is 9.59. The number of hydrogen-bond acceptors (Lipinski definition) is 4. The van der Waals surface area contributed by atoms with Crippen LogP contribution in [0.5, 0.6) is 0 Å². The molecule has 20 heavy (non-hydrogen) atoms. The van der Waals surface area contributed by atoms with Crippen molar-refractivity contribution in [2.45, 2.75) is 25.9 Å². The molecule has 2 unspecified atom stereocenters. The zero-order chi connectivity index (χ0) is 14.3. The second kappa shape index (κ2) is 6.19. The first-order valence-corrected chi connectivity index (χ1v) is 10.3. The summed E-state index contributed by atoms with van der Waals surface area (Å²) in [5.41, 5.74) is 2.61. The molecule has 0 N–H and O–H groups in total. The van der Waals surface area contributed by atoms with Crippen molar-refractivity contribution in [2.24, 2.45) is 0 Å². The van der Waals surface area contributed by atoms with Crippen LogP contribution in [0.3, 0.4) is 0 Å². The maximum absolute atomic E-state index is 3.23. The molecule has 6 heteroatoms. The zero-order valence-corrected chi connectivity index (χ0v) is 16.5. The Morgan fingerprint density at radius 2 is 1.30 bits per heavy atom. The first kappa shape index (κ1) is 15.2. The molecule has 1 aromatic rings. The van der Waals surface area contributed by atoms with Gasteiger partial charge in [0.2, 0.25) is 0 Å². The normalized spacial score (nSPS) is 26.7. The zero-order valence-electron chi connectivity index (χ0n) is 11.4. The van der Waals surface area contributed by atoms with Crippen LogP contribution in [-0.4, -0.2) is 62.5 Å². The fourth-order valence-electron chi connectivity index (χ4n) is 2.57. The van der Waals surface area contributed by atoms with Gasteiger partial charge in [-0.1, -0.05) is 0 Å². The molecule has 0 aliphatic carbocycles. The third-order valence-corrected chi connectivity index (χ3v) is 8.07. The van der Waals surface area contributed by atoms with E-state index in [4.69, 9.17) is 0 Å². The number of rotatable bonds is 2. The molecule has 0 bridgehead atoms. The van der Waals surface area contributed by atoms with Crippen LogP contribution in [0.1, 0.15) is 13.8 Å². The molecule has 0 amide bonds. The van der Waals surface area contributed by atoms with Crippen LogP contribution < -0.4 is 9.80 Å². The van der Waals surface area contributed by atoms with Gasteiger partial charge in [0.15, 0.2) is 0 Å². The standard InChI is InChI=1S/C14H16N2S2Se2/c1-9-7-17-13(19)15(9)11-5-3-4-6-12(11)16-10(2)8-18-14(16)20/h3-6,9-10H,7-8H2,1-2H3. The molecule has 2 aliphatic rings. The molecule has 0 saturated carbocycles. The van der Waals surface area contributed by atoms with E-state index in [1.54, 1.807) is 0 Å². The number of thioether (sulfide) groups is 2. The topological polar surface area (TPSA) is 6.48 Å². The van der Waals surface area contributed by atoms with E-state index < -0.39 is 0 Å². The summed E-state index contributed by atoms with van der Waals surface area (Å²) in [5.74, 6) is 2.30. The quantitative estimate of drug-likeness (QED) is 0.658. The SMILES string of the molecule is CC1CSC(=[Se])N1c1ccccc1N1C(=[Se])SCC1C. The van der Waals surface area contributed by atoms with Crippen LogP contribution in [-0.2, 0) is 0 Å². The molecule has 2 fully saturated rings. The summed E-state index contributed by atoms with van der Waals surface area (Å²) < 4.78 is 2.57. The van der Waals surface area contributed by atoms with Crippen molar-refractivity contribution in [3.8, 4) is 0 Å². The number of hydrogen-bond donors (Lipinski definition) is 0. The van der Waals surface area contributed by atoms with Crippen molar-refractivity contribution in [3.05, 3.63) is 24.3 Å². The minimum absolute atomic E-state index is 0.534. The Balaban J connectivity index is 2.04. The van der Waals surface area contributed by atoms with Gasteiger partial charge in [-0.15, -0.1) is 0 Å². The Kier molecular flexibility index (Phi) is 4.71. The van der Waals surface area contributed by atoms with Gasteiger partial charge >= 0.3 is 145 Å². The van der Waals surface area contributed by atoms with E-state index >= 15 is 0 Å². The Labute approximate surface area is 144 Å². The van der Waals surface area contributed by atoms with E-state index in [9.17, 15) is 0 Å². The fraction of sp³-hybridized carbons (Fsp3) is 0.429. The van der Waals surface area contributed by atoms with E-state index in [-0.39, 0.29) is 0 Å². The summed E-state index contributed by atoms with van der Waals surface area (Å²) in [6, 6.07) is 9.80. The summed E-state index contributed by atoms with van der Waals surface area (Å²) in [5, 5.41) is 0. The van der Waals surface area contributed by atoms with Gasteiger partial charge in [-0.05, 0) is 0 Å². The van der Waals surface area contributed by atoms with E-state index in [1.165, 1.54) is 19.1 Å². The van der Waals surface area contributed by atoms with E-state index in [2.05, 4.69) is 79.1 Å². The van der Waals surface area contributed by atoms with Gasteiger partial charge in [0.25, 0.3) is 0 Å². The van der Waals surface area contributed by atoms with Crippen LogP contribution in [0, 0.1) is 0 Å². The molecule has 2 nitrogen and oxygen atoms in total. The van der Waals surface area contributed by atoms with Gasteiger partial charge in [0, 0.05) is 0 Å². The van der Waals surface area contributed by atoms with Gasteiger partial charge in [-0.3, -0.25) is 0 Å². The Bertz CT molecular complexity index is 515. The van der Waals surface area contributed by atoms with Crippen molar-refractivity contribution in [1.82, 2.24) is 0 Å². The monoisotopic (exact) mass is 436 g/mol. The van der Waals surface area contributed by atoms with Crippen LogP contribution in [0.25, 0.3) is 0 Å². The van der Waals surface area contributed by atoms with Gasteiger partial charge in [-0.25, -0.2) is 0 Å². The van der Waals surface area contributed by atoms with Gasteiger partial charge in [0.1, 0.15) is 0 Å². The molecule has 2 aliphatic heterocycles. The maximum atomic E-state index is 3.23. The van der Waals surface area contributed by atoms with Crippen molar-refractivity contribution in [3.63, 3.8) is 0 Å². The molecule has 2 atom stereocenters. The number of anilines is 2. The van der Waals surface area contributed by atoms with Crippen LogP contribution in [0.4, 0.5) is 11.4 Å². The molecule has 3 rings (SSSR count). The predicted molar refractivity (Wildman–Crippen MR) is 96.8 cm³/mol. The molecular formula is C14H16N2S2Se2. The van der Waals surface area contributed by atoms with Gasteiger partial charge in [-0.2, -0.15) is 0 Å². The van der Waals surface area contributed by atoms with Crippen LogP contribution in [0.2, 0.25) is 0 Å². The van der Waals surface area contributed by atoms with Crippen molar-refractivity contribution in [1.29, 1.82) is 0 Å². The Hall–Kier alpha value is 0.299. The van der Waals surface area contributed by atoms with Gasteiger partial charge in [0.05, 0.1) is 0 Å². The van der Waals surface area contributed by atoms with E-state index in [1.807, 2.05) is 23.5 Å². The van der Waals surface area contributed by atoms with Crippen molar-refractivity contribution >= 4 is 73.8 Å². The Morgan fingerprint density at radius 3 is 1.60 bits per heavy atom. The summed E-state index contributed by atoms with van der Waals surface area (Å²) >= 11 is 10.3. The van der Waals surface area contributed by atoms with E-state index in [0.29, 0.717) is 12.1 Å². The van der Waals surface area contributed by atoms with E-state index in [0.717, 1.165) is 11.5 Å². The average Bonchev–Trinajstić information content (AvgIpc) is 2.93. The average molecular weight is 434 g/mol. The molecule has 0 spiro atoms. The molecule has 2 heterocycles. The number of para-hydroxylation sites is 2. The predicted octanol–water partition coefficient (Wildman–Crippen LogP) is 2.08. The first-order valence-electron chi connectivity index (χ1n) is 6.60. The molecular weight excluding hydrogens is 418 g/mol. The second-order valence-electron chi connectivity index (χ2n) is 5.08. The van der Waals surface area contributed by atoms with Crippen LogP contribution in [0.15, 0.2) is 24.3 Å². The minimum atomic E-state index is 0.534. The van der Waals surface area contributed by atoms with Crippen molar-refractivity contribution in [2.75, 3.05) is 21.3 Å². The molecule has 0 radical (unpaired) electrons. The van der Waals surface area contributed by atoms with Crippen LogP contribution >= 0.6 is 23.5 Å². The molecule has 1 aromatic carbocycles. The fourth-order valence-corrected chi connectivity index (χ4v) is 6.50. The molecule has 0 aromatic heterocycles. The van der Waals surface area contributed by atoms with Gasteiger partial charge < -0.3 is 0 Å². The summed E-state index contributed by atoms with van der Waals surface area (Å²) in [6.45, 7) is 4.58. The molecule has 106 valence electrons. The second-order valence-corrected chi connectivity index (χ2v) is 9.89. The summed E-state index contributed by atoms with van der Waals surface area (Å²) in [6.07, 6.45) is 0. The summed E-state index contributed by atoms with van der Waals surface area (Å²) in [7, 11) is 0. The number of nitrogens with zero attached hydrogens (tertiary/aromatic N) is 2. The third kappa shape index (κ3) is 2.67. The number of benzene rings is 1. The molecule has 2 saturated heterocycles. The summed E-state index contributed by atoms with van der Waals surface area (Å²) in [4.78, 5) is 4.87. The Morgan fingerprint density at radius 1 is 0.900 bits per heavy atom.